The van der Waals surface area contributed by atoms with Gasteiger partial charge in [0.1, 0.15) is 10.3 Å². The summed E-state index contributed by atoms with van der Waals surface area (Å²) in [5.41, 5.74) is 3.73. The highest BCUT2D eigenvalue weighted by Gasteiger charge is 3.12. The smallest absolute Gasteiger partial charge is 0.410 e. The summed E-state index contributed by atoms with van der Waals surface area (Å²) >= 11 is 0. The second-order valence-electron chi connectivity index (χ2n) is 13.4. The average molecular weight is 591 g/mol. The highest BCUT2D eigenvalue weighted by atomic mass is 32.2. The standard InChI is InChI=1S/C36H34N2O4S/c1-23-15-21-28(22-16-23)43(40,41)36-30-29-31(38(32(30)36)33(39)42-34(2,3)4)35(29,36)24-17-19-27(20-18-24)37(25-11-7-5-8-12-25)26-13-9-6-10-14-26/h5-22,29-32H,1-4H3. The molecule has 0 aromatic heterocycles. The van der Waals surface area contributed by atoms with Crippen molar-refractivity contribution in [3.8, 4) is 0 Å². The van der Waals surface area contributed by atoms with Gasteiger partial charge in [-0.15, -0.1) is 0 Å². The minimum absolute atomic E-state index is 0.0684. The summed E-state index contributed by atoms with van der Waals surface area (Å²) in [6.07, 6.45) is -0.411. The summed E-state index contributed by atoms with van der Waals surface area (Å²) in [7, 11) is -3.75. The molecule has 4 aromatic carbocycles. The molecule has 9 rings (SSSR count). The van der Waals surface area contributed by atoms with E-state index in [-0.39, 0.29) is 23.9 Å². The Bertz CT molecular complexity index is 1810. The Morgan fingerprint density at radius 1 is 0.744 bits per heavy atom. The van der Waals surface area contributed by atoms with Crippen LogP contribution in [0.3, 0.4) is 0 Å². The lowest BCUT2D eigenvalue weighted by Crippen LogP contribution is -2.48. The fraction of sp³-hybridized carbons (Fsp3) is 0.306. The Morgan fingerprint density at radius 3 is 1.81 bits per heavy atom. The van der Waals surface area contributed by atoms with Gasteiger partial charge in [0.2, 0.25) is 0 Å². The fourth-order valence-corrected chi connectivity index (χ4v) is 11.5. The van der Waals surface area contributed by atoms with Gasteiger partial charge in [0.25, 0.3) is 0 Å². The van der Waals surface area contributed by atoms with E-state index in [1.54, 1.807) is 17.0 Å². The van der Waals surface area contributed by atoms with Crippen molar-refractivity contribution in [1.29, 1.82) is 0 Å². The van der Waals surface area contributed by atoms with Crippen LogP contribution in [0.15, 0.2) is 114 Å². The number of hydrogen-bond acceptors (Lipinski definition) is 5. The molecule has 5 aliphatic rings. The number of hydrogen-bond donors (Lipinski definition) is 0. The van der Waals surface area contributed by atoms with Crippen LogP contribution in [0.1, 0.15) is 31.9 Å². The molecule has 1 amide bonds. The van der Waals surface area contributed by atoms with Crippen molar-refractivity contribution >= 4 is 33.0 Å². The molecule has 2 aliphatic heterocycles. The maximum atomic E-state index is 14.6. The second kappa shape index (κ2) is 8.50. The number of ether oxygens (including phenoxy) is 1. The third kappa shape index (κ3) is 3.23. The molecule has 2 heterocycles. The number of anilines is 3. The number of carbonyl (C=O) groups is 1. The molecule has 0 N–H and O–H groups in total. The third-order valence-corrected chi connectivity index (χ3v) is 12.7. The summed E-state index contributed by atoms with van der Waals surface area (Å²) in [5, 5.41) is 0. The zero-order chi connectivity index (χ0) is 29.9. The zero-order valence-corrected chi connectivity index (χ0v) is 25.5. The van der Waals surface area contributed by atoms with E-state index >= 15 is 0 Å². The molecule has 3 saturated carbocycles. The van der Waals surface area contributed by atoms with Crippen LogP contribution in [0.2, 0.25) is 0 Å². The lowest BCUT2D eigenvalue weighted by atomic mass is 9.78. The van der Waals surface area contributed by atoms with Crippen LogP contribution in [-0.2, 0) is 20.0 Å². The quantitative estimate of drug-likeness (QED) is 0.238. The molecule has 6 nitrogen and oxygen atoms in total. The molecule has 4 aromatic rings. The van der Waals surface area contributed by atoms with Gasteiger partial charge in [-0.2, -0.15) is 0 Å². The highest BCUT2D eigenvalue weighted by molar-refractivity contribution is 7.93. The summed E-state index contributed by atoms with van der Waals surface area (Å²) < 4.78 is 33.9. The fourth-order valence-electron chi connectivity index (χ4n) is 8.66. The van der Waals surface area contributed by atoms with Crippen molar-refractivity contribution in [3.05, 3.63) is 120 Å². The number of aryl methyl sites for hydroxylation is 1. The molecule has 6 unspecified atom stereocenters. The van der Waals surface area contributed by atoms with Crippen LogP contribution in [-0.4, -0.2) is 41.8 Å². The predicted octanol–water partition coefficient (Wildman–Crippen LogP) is 7.18. The third-order valence-electron chi connectivity index (χ3n) is 10.0. The van der Waals surface area contributed by atoms with Crippen LogP contribution in [0.5, 0.6) is 0 Å². The van der Waals surface area contributed by atoms with Gasteiger partial charge < -0.3 is 9.64 Å². The number of carbonyl (C=O) groups excluding carboxylic acids is 1. The van der Waals surface area contributed by atoms with Gasteiger partial charge in [-0.1, -0.05) is 66.2 Å². The molecule has 0 radical (unpaired) electrons. The van der Waals surface area contributed by atoms with E-state index in [4.69, 9.17) is 4.74 Å². The summed E-state index contributed by atoms with van der Waals surface area (Å²) in [5.74, 6) is 0.0524. The van der Waals surface area contributed by atoms with E-state index in [0.717, 1.165) is 28.2 Å². The van der Waals surface area contributed by atoms with E-state index in [1.807, 2.05) is 76.2 Å². The number of sulfone groups is 1. The monoisotopic (exact) mass is 590 g/mol. The van der Waals surface area contributed by atoms with Gasteiger partial charge in [-0.3, -0.25) is 4.90 Å². The Balaban J connectivity index is 1.22. The zero-order valence-electron chi connectivity index (χ0n) is 24.6. The maximum Gasteiger partial charge on any atom is 0.410 e. The van der Waals surface area contributed by atoms with Crippen LogP contribution in [0.25, 0.3) is 0 Å². The molecule has 43 heavy (non-hydrogen) atoms. The van der Waals surface area contributed by atoms with Crippen molar-refractivity contribution in [2.75, 3.05) is 4.90 Å². The lowest BCUT2D eigenvalue weighted by molar-refractivity contribution is 0.0251. The molecule has 2 bridgehead atoms. The molecule has 6 atom stereocenters. The number of piperidine rings is 4. The van der Waals surface area contributed by atoms with E-state index in [1.165, 1.54) is 0 Å². The first-order valence-electron chi connectivity index (χ1n) is 14.9. The second-order valence-corrected chi connectivity index (χ2v) is 15.5. The first-order valence-corrected chi connectivity index (χ1v) is 16.4. The lowest BCUT2D eigenvalue weighted by Gasteiger charge is -2.35. The molecule has 218 valence electrons. The molecule has 3 aliphatic carbocycles. The minimum atomic E-state index is -3.75. The van der Waals surface area contributed by atoms with E-state index in [2.05, 4.69) is 53.4 Å². The van der Waals surface area contributed by atoms with Gasteiger partial charge in [-0.05, 0) is 81.8 Å². The van der Waals surface area contributed by atoms with Gasteiger partial charge in [0.15, 0.2) is 9.84 Å². The summed E-state index contributed by atoms with van der Waals surface area (Å²) in [6, 6.07) is 35.3. The summed E-state index contributed by atoms with van der Waals surface area (Å²) in [6.45, 7) is 7.50. The number of nitrogens with zero attached hydrogens (tertiary/aromatic N) is 2. The number of para-hydroxylation sites is 2. The first-order chi connectivity index (χ1) is 20.5. The molecule has 7 heteroatoms. The maximum absolute atomic E-state index is 14.6. The molecular formula is C36H34N2O4S. The molecule has 0 spiro atoms. The Hall–Kier alpha value is -4.10. The Kier molecular flexibility index (Phi) is 5.25. The van der Waals surface area contributed by atoms with Crippen molar-refractivity contribution < 1.29 is 17.9 Å². The predicted molar refractivity (Wildman–Crippen MR) is 167 cm³/mol. The van der Waals surface area contributed by atoms with E-state index < -0.39 is 31.7 Å². The first kappa shape index (κ1) is 26.5. The normalized spacial score (nSPS) is 29.3. The largest absolute Gasteiger partial charge is 0.444 e. The average Bonchev–Trinajstić information content (AvgIpc) is 3.68. The van der Waals surface area contributed by atoms with Crippen LogP contribution in [0.4, 0.5) is 21.9 Å². The number of amides is 1. The molecule has 2 saturated heterocycles. The number of rotatable bonds is 6. The van der Waals surface area contributed by atoms with Gasteiger partial charge in [0.05, 0.1) is 17.0 Å². The Labute approximate surface area is 252 Å². The van der Waals surface area contributed by atoms with E-state index in [0.29, 0.717) is 4.90 Å². The number of benzene rings is 4. The van der Waals surface area contributed by atoms with Gasteiger partial charge >= 0.3 is 6.09 Å². The van der Waals surface area contributed by atoms with Crippen molar-refractivity contribution in [2.24, 2.45) is 11.8 Å². The van der Waals surface area contributed by atoms with Crippen LogP contribution in [0, 0.1) is 18.8 Å². The van der Waals surface area contributed by atoms with E-state index in [9.17, 15) is 13.2 Å². The van der Waals surface area contributed by atoms with Crippen molar-refractivity contribution in [1.82, 2.24) is 4.90 Å². The SMILES string of the molecule is Cc1ccc(S(=O)(=O)C23C4C5C(N(C(=O)OC(C)(C)C)C42)C53c2ccc(N(c3ccccc3)c3ccccc3)cc2)cc1. The van der Waals surface area contributed by atoms with Crippen molar-refractivity contribution in [3.63, 3.8) is 0 Å². The van der Waals surface area contributed by atoms with Gasteiger partial charge in [0, 0.05) is 34.3 Å². The topological polar surface area (TPSA) is 66.9 Å². The minimum Gasteiger partial charge on any atom is -0.444 e. The molecular weight excluding hydrogens is 556 g/mol. The van der Waals surface area contributed by atoms with Crippen LogP contribution < -0.4 is 4.90 Å². The summed E-state index contributed by atoms with van der Waals surface area (Å²) in [4.78, 5) is 17.8. The molecule has 5 fully saturated rings. The van der Waals surface area contributed by atoms with Crippen LogP contribution >= 0.6 is 0 Å². The van der Waals surface area contributed by atoms with Crippen molar-refractivity contribution in [2.45, 2.75) is 60.4 Å². The van der Waals surface area contributed by atoms with Gasteiger partial charge in [-0.25, -0.2) is 13.2 Å². The Morgan fingerprint density at radius 2 is 1.28 bits per heavy atom. The highest BCUT2D eigenvalue weighted by Crippen LogP contribution is 2.97.